The van der Waals surface area contributed by atoms with Crippen LogP contribution in [0.1, 0.15) is 54.1 Å². The number of unbranched alkanes of at least 4 members (excludes halogenated alkanes) is 1. The van der Waals surface area contributed by atoms with Crippen LogP contribution in [0.25, 0.3) is 0 Å². The van der Waals surface area contributed by atoms with Crippen LogP contribution in [0, 0.1) is 11.6 Å². The fraction of sp³-hybridized carbons (Fsp3) is 0.276. The average molecular weight is 505 g/mol. The molecular weight excluding hydrogens is 474 g/mol. The number of hydrazone groups is 1. The number of carbonyl (C=O) groups excluding carboxylic acids is 2. The van der Waals surface area contributed by atoms with E-state index in [1.165, 1.54) is 5.01 Å². The SMILES string of the molecule is CCNC(=O)N1N=C(c2cc(F)ccc2F)CC1(CCCCNC(=O)c1ccccc1)c1ccccc1. The molecular formula is C29H30F2N4O2. The van der Waals surface area contributed by atoms with E-state index in [2.05, 4.69) is 15.7 Å². The Balaban J connectivity index is 1.57. The standard InChI is InChI=1S/C29H30F2N4O2/c1-2-32-28(37)35-29(22-13-7-4-8-14-22,20-26(34-35)24-19-23(30)15-16-25(24)31)17-9-10-18-33-27(36)21-11-5-3-6-12-21/h3-8,11-16,19H,2,9-10,17-18,20H2,1H3,(H,32,37)(H,33,36). The van der Waals surface area contributed by atoms with E-state index in [9.17, 15) is 18.4 Å². The van der Waals surface area contributed by atoms with Crippen molar-refractivity contribution < 1.29 is 18.4 Å². The first-order valence-corrected chi connectivity index (χ1v) is 12.4. The molecule has 1 heterocycles. The summed E-state index contributed by atoms with van der Waals surface area (Å²) in [6.45, 7) is 2.67. The van der Waals surface area contributed by atoms with Crippen LogP contribution in [-0.2, 0) is 5.54 Å². The molecule has 0 spiro atoms. The Hall–Kier alpha value is -4.07. The number of nitrogens with zero attached hydrogens (tertiary/aromatic N) is 2. The minimum atomic E-state index is -0.891. The van der Waals surface area contributed by atoms with E-state index in [0.29, 0.717) is 43.6 Å². The van der Waals surface area contributed by atoms with Crippen molar-refractivity contribution in [2.24, 2.45) is 5.10 Å². The summed E-state index contributed by atoms with van der Waals surface area (Å²) >= 11 is 0. The van der Waals surface area contributed by atoms with E-state index in [0.717, 1.165) is 23.8 Å². The smallest absolute Gasteiger partial charge is 0.338 e. The zero-order valence-electron chi connectivity index (χ0n) is 20.7. The largest absolute Gasteiger partial charge is 0.352 e. The summed E-state index contributed by atoms with van der Waals surface area (Å²) in [5.41, 5.74) is 0.909. The monoisotopic (exact) mass is 504 g/mol. The molecule has 1 atom stereocenters. The maximum atomic E-state index is 14.7. The molecule has 1 aliphatic rings. The molecule has 0 radical (unpaired) electrons. The number of benzene rings is 3. The Bertz CT molecular complexity index is 1270. The predicted octanol–water partition coefficient (Wildman–Crippen LogP) is 5.60. The number of nitrogens with one attached hydrogen (secondary N) is 2. The molecule has 0 saturated carbocycles. The molecule has 0 aliphatic carbocycles. The molecule has 0 aromatic heterocycles. The third-order valence-electron chi connectivity index (χ3n) is 6.50. The lowest BCUT2D eigenvalue weighted by atomic mass is 9.80. The Kier molecular flexibility index (Phi) is 8.28. The molecule has 3 aromatic carbocycles. The Morgan fingerprint density at radius 3 is 2.35 bits per heavy atom. The van der Waals surface area contributed by atoms with Crippen molar-refractivity contribution in [1.29, 1.82) is 0 Å². The van der Waals surface area contributed by atoms with Gasteiger partial charge in [0.2, 0.25) is 0 Å². The maximum Gasteiger partial charge on any atom is 0.338 e. The second-order valence-corrected chi connectivity index (χ2v) is 8.97. The second kappa shape index (κ2) is 11.8. The van der Waals surface area contributed by atoms with Crippen molar-refractivity contribution in [2.75, 3.05) is 13.1 Å². The van der Waals surface area contributed by atoms with Crippen molar-refractivity contribution in [3.8, 4) is 0 Å². The Labute approximate surface area is 215 Å². The van der Waals surface area contributed by atoms with Crippen LogP contribution in [0.15, 0.2) is 84.0 Å². The zero-order valence-corrected chi connectivity index (χ0v) is 20.7. The number of hydrogen-bond acceptors (Lipinski definition) is 3. The predicted molar refractivity (Wildman–Crippen MR) is 139 cm³/mol. The molecule has 4 rings (SSSR count). The van der Waals surface area contributed by atoms with Gasteiger partial charge in [0.15, 0.2) is 0 Å². The van der Waals surface area contributed by atoms with Gasteiger partial charge in [0, 0.05) is 30.6 Å². The van der Waals surface area contributed by atoms with Gasteiger partial charge in [-0.15, -0.1) is 0 Å². The van der Waals surface area contributed by atoms with Gasteiger partial charge >= 0.3 is 6.03 Å². The summed E-state index contributed by atoms with van der Waals surface area (Å²) in [5.74, 6) is -1.31. The first kappa shape index (κ1) is 26.0. The van der Waals surface area contributed by atoms with E-state index in [1.54, 1.807) is 12.1 Å². The third kappa shape index (κ3) is 5.85. The summed E-state index contributed by atoms with van der Waals surface area (Å²) in [7, 11) is 0. The zero-order chi connectivity index (χ0) is 26.3. The molecule has 1 unspecified atom stereocenters. The van der Waals surface area contributed by atoms with Crippen LogP contribution in [0.3, 0.4) is 0 Å². The van der Waals surface area contributed by atoms with Crippen molar-refractivity contribution >= 4 is 17.6 Å². The van der Waals surface area contributed by atoms with Crippen LogP contribution >= 0.6 is 0 Å². The van der Waals surface area contributed by atoms with Gasteiger partial charge in [0.05, 0.1) is 11.3 Å². The topological polar surface area (TPSA) is 73.8 Å². The van der Waals surface area contributed by atoms with E-state index in [4.69, 9.17) is 0 Å². The number of hydrogen-bond donors (Lipinski definition) is 2. The molecule has 2 N–H and O–H groups in total. The highest BCUT2D eigenvalue weighted by Gasteiger charge is 2.47. The molecule has 192 valence electrons. The van der Waals surface area contributed by atoms with Gasteiger partial charge in [0.25, 0.3) is 5.91 Å². The molecule has 37 heavy (non-hydrogen) atoms. The first-order chi connectivity index (χ1) is 17.9. The highest BCUT2D eigenvalue weighted by molar-refractivity contribution is 6.04. The van der Waals surface area contributed by atoms with Gasteiger partial charge in [-0.2, -0.15) is 5.10 Å². The van der Waals surface area contributed by atoms with Gasteiger partial charge in [-0.3, -0.25) is 4.79 Å². The normalized spacial score (nSPS) is 16.8. The molecule has 0 fully saturated rings. The average Bonchev–Trinajstić information content (AvgIpc) is 3.31. The summed E-state index contributed by atoms with van der Waals surface area (Å²) in [4.78, 5) is 25.5. The number of rotatable bonds is 9. The summed E-state index contributed by atoms with van der Waals surface area (Å²) in [6.07, 6.45) is 2.07. The minimum absolute atomic E-state index is 0.0437. The van der Waals surface area contributed by atoms with Crippen LogP contribution in [0.2, 0.25) is 0 Å². The summed E-state index contributed by atoms with van der Waals surface area (Å²) in [6, 6.07) is 21.3. The van der Waals surface area contributed by atoms with Crippen molar-refractivity contribution in [3.05, 3.63) is 107 Å². The van der Waals surface area contributed by atoms with Crippen molar-refractivity contribution in [2.45, 2.75) is 38.1 Å². The second-order valence-electron chi connectivity index (χ2n) is 8.97. The third-order valence-corrected chi connectivity index (χ3v) is 6.50. The van der Waals surface area contributed by atoms with Gasteiger partial charge in [-0.25, -0.2) is 18.6 Å². The quantitative estimate of drug-likeness (QED) is 0.372. The van der Waals surface area contributed by atoms with Crippen LogP contribution in [0.5, 0.6) is 0 Å². The Morgan fingerprint density at radius 2 is 1.65 bits per heavy atom. The number of amides is 3. The van der Waals surface area contributed by atoms with E-state index >= 15 is 0 Å². The number of urea groups is 1. The maximum absolute atomic E-state index is 14.7. The van der Waals surface area contributed by atoms with E-state index in [1.807, 2.05) is 55.5 Å². The van der Waals surface area contributed by atoms with Crippen molar-refractivity contribution in [3.63, 3.8) is 0 Å². The molecule has 1 aliphatic heterocycles. The van der Waals surface area contributed by atoms with E-state index < -0.39 is 23.2 Å². The molecule has 6 nitrogen and oxygen atoms in total. The summed E-state index contributed by atoms with van der Waals surface area (Å²) < 4.78 is 28.7. The number of carbonyl (C=O) groups is 2. The Morgan fingerprint density at radius 1 is 0.946 bits per heavy atom. The molecule has 8 heteroatoms. The lowest BCUT2D eigenvalue weighted by Crippen LogP contribution is -2.48. The summed E-state index contributed by atoms with van der Waals surface area (Å²) in [5, 5.41) is 11.6. The fourth-order valence-corrected chi connectivity index (χ4v) is 4.68. The highest BCUT2D eigenvalue weighted by atomic mass is 19.1. The lowest BCUT2D eigenvalue weighted by molar-refractivity contribution is 0.0951. The van der Waals surface area contributed by atoms with Gasteiger partial charge < -0.3 is 10.6 Å². The molecule has 0 saturated heterocycles. The van der Waals surface area contributed by atoms with Crippen molar-refractivity contribution in [1.82, 2.24) is 15.6 Å². The lowest BCUT2D eigenvalue weighted by Gasteiger charge is -2.37. The van der Waals surface area contributed by atoms with Crippen LogP contribution in [-0.4, -0.2) is 35.7 Å². The molecule has 3 aromatic rings. The highest BCUT2D eigenvalue weighted by Crippen LogP contribution is 2.43. The molecule has 3 amide bonds. The number of halogens is 2. The minimum Gasteiger partial charge on any atom is -0.352 e. The first-order valence-electron chi connectivity index (χ1n) is 12.4. The van der Waals surface area contributed by atoms with Crippen LogP contribution < -0.4 is 10.6 Å². The fourth-order valence-electron chi connectivity index (χ4n) is 4.68. The molecule has 0 bridgehead atoms. The van der Waals surface area contributed by atoms with Crippen LogP contribution in [0.4, 0.5) is 13.6 Å². The van der Waals surface area contributed by atoms with Gasteiger partial charge in [0.1, 0.15) is 11.6 Å². The van der Waals surface area contributed by atoms with Gasteiger partial charge in [-0.05, 0) is 62.1 Å². The van der Waals surface area contributed by atoms with Gasteiger partial charge in [-0.1, -0.05) is 48.5 Å². The van der Waals surface area contributed by atoms with E-state index in [-0.39, 0.29) is 17.9 Å².